The van der Waals surface area contributed by atoms with Gasteiger partial charge in [-0.3, -0.25) is 9.47 Å². The highest BCUT2D eigenvalue weighted by atomic mass is 32.2. The van der Waals surface area contributed by atoms with Gasteiger partial charge < -0.3 is 5.32 Å². The topological polar surface area (TPSA) is 77.6 Å². The van der Waals surface area contributed by atoms with Crippen molar-refractivity contribution in [2.45, 2.75) is 51.1 Å². The Morgan fingerprint density at radius 2 is 2.00 bits per heavy atom. The number of hydrogen-bond acceptors (Lipinski definition) is 6. The van der Waals surface area contributed by atoms with E-state index in [0.29, 0.717) is 10.3 Å². The van der Waals surface area contributed by atoms with Crippen LogP contribution in [0.5, 0.6) is 0 Å². The summed E-state index contributed by atoms with van der Waals surface area (Å²) in [5.74, 6) is 1.02. The minimum Gasteiger partial charge on any atom is -0.301 e. The summed E-state index contributed by atoms with van der Waals surface area (Å²) in [6.07, 6.45) is 5.68. The molecule has 0 fully saturated rings. The van der Waals surface area contributed by atoms with Crippen molar-refractivity contribution in [2.75, 3.05) is 11.1 Å². The van der Waals surface area contributed by atoms with Gasteiger partial charge in [0.1, 0.15) is 0 Å². The summed E-state index contributed by atoms with van der Waals surface area (Å²) in [5, 5.41) is 14.7. The molecule has 27 heavy (non-hydrogen) atoms. The number of aromatic nitrogens is 5. The van der Waals surface area contributed by atoms with Gasteiger partial charge in [-0.15, -0.1) is 21.5 Å². The normalized spacial score (nSPS) is 11.7. The van der Waals surface area contributed by atoms with Crippen LogP contribution in [0.15, 0.2) is 35.1 Å². The molecular weight excluding hydrogens is 380 g/mol. The fourth-order valence-corrected chi connectivity index (χ4v) is 4.12. The van der Waals surface area contributed by atoms with E-state index in [2.05, 4.69) is 48.2 Å². The van der Waals surface area contributed by atoms with Gasteiger partial charge in [0, 0.05) is 29.6 Å². The standard InChI is InChI=1S/C18H24N6OS2/c1-5-8-14-21-22-17(24(14)23-9-6-7-10-23)27-12-15(25)20-16-19-13(11-26-16)18(2,3)4/h6-7,9-11H,5,8,12H2,1-4H3,(H,19,20,25). The highest BCUT2D eigenvalue weighted by Gasteiger charge is 2.19. The summed E-state index contributed by atoms with van der Waals surface area (Å²) in [7, 11) is 0. The maximum Gasteiger partial charge on any atom is 0.236 e. The molecular formula is C18H24N6OS2. The molecule has 3 heterocycles. The van der Waals surface area contributed by atoms with E-state index in [1.165, 1.54) is 23.1 Å². The van der Waals surface area contributed by atoms with Crippen LogP contribution in [-0.4, -0.2) is 36.2 Å². The second-order valence-corrected chi connectivity index (χ2v) is 8.95. The maximum atomic E-state index is 12.3. The largest absolute Gasteiger partial charge is 0.301 e. The smallest absolute Gasteiger partial charge is 0.236 e. The number of aryl methyl sites for hydroxylation is 1. The second-order valence-electron chi connectivity index (χ2n) is 7.15. The van der Waals surface area contributed by atoms with Crippen molar-refractivity contribution in [1.82, 2.24) is 24.5 Å². The number of amides is 1. The lowest BCUT2D eigenvalue weighted by Gasteiger charge is -2.14. The zero-order valence-corrected chi connectivity index (χ0v) is 17.6. The van der Waals surface area contributed by atoms with Gasteiger partial charge in [-0.1, -0.05) is 39.5 Å². The second kappa shape index (κ2) is 8.26. The Hall–Kier alpha value is -2.13. The number of thiazole rings is 1. The highest BCUT2D eigenvalue weighted by Crippen LogP contribution is 2.26. The summed E-state index contributed by atoms with van der Waals surface area (Å²) in [6, 6.07) is 3.90. The van der Waals surface area contributed by atoms with Crippen LogP contribution in [-0.2, 0) is 16.6 Å². The van der Waals surface area contributed by atoms with Crippen LogP contribution in [0.25, 0.3) is 0 Å². The zero-order valence-electron chi connectivity index (χ0n) is 16.0. The quantitative estimate of drug-likeness (QED) is 0.606. The Balaban J connectivity index is 1.66. The summed E-state index contributed by atoms with van der Waals surface area (Å²) in [5.41, 5.74) is 0.948. The maximum absolute atomic E-state index is 12.3. The Labute approximate surface area is 167 Å². The van der Waals surface area contributed by atoms with Crippen molar-refractivity contribution >= 4 is 34.1 Å². The molecule has 7 nitrogen and oxygen atoms in total. The average Bonchev–Trinajstić information content (AvgIpc) is 3.33. The molecule has 3 aromatic heterocycles. The van der Waals surface area contributed by atoms with Gasteiger partial charge in [-0.25, -0.2) is 9.66 Å². The lowest BCUT2D eigenvalue weighted by molar-refractivity contribution is -0.113. The van der Waals surface area contributed by atoms with Crippen molar-refractivity contribution in [3.05, 3.63) is 41.4 Å². The van der Waals surface area contributed by atoms with Gasteiger partial charge in [0.25, 0.3) is 0 Å². The minimum absolute atomic E-state index is 0.0307. The Kier molecular flexibility index (Phi) is 6.01. The van der Waals surface area contributed by atoms with E-state index in [-0.39, 0.29) is 17.1 Å². The van der Waals surface area contributed by atoms with Crippen molar-refractivity contribution in [1.29, 1.82) is 0 Å². The van der Waals surface area contributed by atoms with E-state index >= 15 is 0 Å². The van der Waals surface area contributed by atoms with E-state index in [1.807, 2.05) is 39.3 Å². The van der Waals surface area contributed by atoms with E-state index in [0.717, 1.165) is 24.4 Å². The molecule has 0 spiro atoms. The van der Waals surface area contributed by atoms with Crippen LogP contribution >= 0.6 is 23.1 Å². The van der Waals surface area contributed by atoms with Crippen LogP contribution in [0.3, 0.4) is 0 Å². The zero-order chi connectivity index (χ0) is 19.4. The average molecular weight is 405 g/mol. The van der Waals surface area contributed by atoms with Crippen LogP contribution in [0, 0.1) is 0 Å². The molecule has 0 aliphatic heterocycles. The Morgan fingerprint density at radius 1 is 1.26 bits per heavy atom. The fourth-order valence-electron chi connectivity index (χ4n) is 2.42. The first-order valence-electron chi connectivity index (χ1n) is 8.85. The fraction of sp³-hybridized carbons (Fsp3) is 0.444. The SMILES string of the molecule is CCCc1nnc(SCC(=O)Nc2nc(C(C)(C)C)cs2)n1-n1cccc1. The predicted octanol–water partition coefficient (Wildman–Crippen LogP) is 3.83. The van der Waals surface area contributed by atoms with Gasteiger partial charge in [0.15, 0.2) is 11.0 Å². The van der Waals surface area contributed by atoms with Crippen LogP contribution < -0.4 is 5.32 Å². The molecule has 0 aliphatic carbocycles. The monoisotopic (exact) mass is 404 g/mol. The third-order valence-corrected chi connectivity index (χ3v) is 5.50. The van der Waals surface area contributed by atoms with Crippen molar-refractivity contribution < 1.29 is 4.79 Å². The minimum atomic E-state index is -0.103. The molecule has 0 bridgehead atoms. The molecule has 0 aliphatic rings. The summed E-state index contributed by atoms with van der Waals surface area (Å²) < 4.78 is 3.88. The Morgan fingerprint density at radius 3 is 2.63 bits per heavy atom. The van der Waals surface area contributed by atoms with E-state index < -0.39 is 0 Å². The number of anilines is 1. The number of nitrogens with zero attached hydrogens (tertiary/aromatic N) is 5. The molecule has 3 aromatic rings. The highest BCUT2D eigenvalue weighted by molar-refractivity contribution is 7.99. The van der Waals surface area contributed by atoms with E-state index in [4.69, 9.17) is 0 Å². The van der Waals surface area contributed by atoms with Crippen LogP contribution in [0.1, 0.15) is 45.6 Å². The molecule has 3 rings (SSSR count). The Bertz CT molecular complexity index is 891. The van der Waals surface area contributed by atoms with Gasteiger partial charge in [0.05, 0.1) is 11.4 Å². The molecule has 1 amide bonds. The van der Waals surface area contributed by atoms with Gasteiger partial charge in [-0.2, -0.15) is 0 Å². The summed E-state index contributed by atoms with van der Waals surface area (Å²) in [6.45, 7) is 8.41. The molecule has 0 unspecified atom stereocenters. The van der Waals surface area contributed by atoms with Crippen molar-refractivity contribution in [3.63, 3.8) is 0 Å². The molecule has 0 aromatic carbocycles. The number of carbonyl (C=O) groups is 1. The number of thioether (sulfide) groups is 1. The first kappa shape index (κ1) is 19.6. The van der Waals surface area contributed by atoms with Crippen LogP contribution in [0.4, 0.5) is 5.13 Å². The van der Waals surface area contributed by atoms with Gasteiger partial charge in [0.2, 0.25) is 11.1 Å². The molecule has 0 saturated heterocycles. The third kappa shape index (κ3) is 4.78. The predicted molar refractivity (Wildman–Crippen MR) is 109 cm³/mol. The summed E-state index contributed by atoms with van der Waals surface area (Å²) >= 11 is 2.81. The summed E-state index contributed by atoms with van der Waals surface area (Å²) in [4.78, 5) is 16.8. The third-order valence-electron chi connectivity index (χ3n) is 3.82. The molecule has 144 valence electrons. The van der Waals surface area contributed by atoms with Gasteiger partial charge in [-0.05, 0) is 18.6 Å². The van der Waals surface area contributed by atoms with E-state index in [9.17, 15) is 4.79 Å². The van der Waals surface area contributed by atoms with Crippen molar-refractivity contribution in [2.24, 2.45) is 0 Å². The molecule has 1 N–H and O–H groups in total. The molecule has 0 atom stereocenters. The molecule has 0 radical (unpaired) electrons. The lowest BCUT2D eigenvalue weighted by atomic mass is 9.93. The van der Waals surface area contributed by atoms with E-state index in [1.54, 1.807) is 0 Å². The molecule has 9 heteroatoms. The number of hydrogen-bond donors (Lipinski definition) is 1. The lowest BCUT2D eigenvalue weighted by Crippen LogP contribution is -2.17. The van der Waals surface area contributed by atoms with Crippen LogP contribution in [0.2, 0.25) is 0 Å². The molecule has 0 saturated carbocycles. The first-order valence-corrected chi connectivity index (χ1v) is 10.7. The number of rotatable bonds is 7. The number of nitrogens with one attached hydrogen (secondary N) is 1. The first-order chi connectivity index (χ1) is 12.9. The number of carbonyl (C=O) groups excluding carboxylic acids is 1. The van der Waals surface area contributed by atoms with Crippen molar-refractivity contribution in [3.8, 4) is 0 Å². The van der Waals surface area contributed by atoms with Gasteiger partial charge >= 0.3 is 0 Å².